The van der Waals surface area contributed by atoms with Crippen molar-refractivity contribution >= 4 is 22.7 Å². The number of aromatic nitrogens is 1. The molecule has 0 aliphatic carbocycles. The zero-order valence-electron chi connectivity index (χ0n) is 13.9. The van der Waals surface area contributed by atoms with Crippen LogP contribution in [0.15, 0.2) is 36.5 Å². The molecule has 1 aromatic carbocycles. The maximum atomic E-state index is 11.6. The number of amides is 1. The molecule has 1 N–H and O–H groups in total. The minimum atomic E-state index is -0.838. The first-order chi connectivity index (χ1) is 10.9. The number of fused-ring (bicyclic) bond motifs is 1. The smallest absolute Gasteiger partial charge is 0.407 e. The molecule has 1 atom stereocenters. The number of carbonyl (C=O) groups is 1. The summed E-state index contributed by atoms with van der Waals surface area (Å²) in [6.45, 7) is 8.10. The summed E-state index contributed by atoms with van der Waals surface area (Å²) in [5, 5.41) is 11.8. The second-order valence-electron chi connectivity index (χ2n) is 7.16. The maximum absolute atomic E-state index is 11.6. The molecule has 122 valence electrons. The van der Waals surface area contributed by atoms with E-state index in [0.29, 0.717) is 19.6 Å². The van der Waals surface area contributed by atoms with Gasteiger partial charge in [0.2, 0.25) is 0 Å². The first-order valence-corrected chi connectivity index (χ1v) is 7.96. The lowest BCUT2D eigenvalue weighted by Crippen LogP contribution is -2.59. The van der Waals surface area contributed by atoms with Gasteiger partial charge in [0.15, 0.2) is 0 Å². The normalized spacial score (nSPS) is 19.2. The molecule has 1 aromatic heterocycles. The Kier molecular flexibility index (Phi) is 3.88. The average molecular weight is 313 g/mol. The van der Waals surface area contributed by atoms with E-state index in [1.165, 1.54) is 0 Å². The van der Waals surface area contributed by atoms with Crippen LogP contribution in [0, 0.1) is 5.41 Å². The summed E-state index contributed by atoms with van der Waals surface area (Å²) in [5.41, 5.74) is -0.123. The minimum Gasteiger partial charge on any atom is -0.465 e. The fourth-order valence-electron chi connectivity index (χ4n) is 3.30. The molecule has 2 heterocycles. The third kappa shape index (κ3) is 2.96. The van der Waals surface area contributed by atoms with Crippen LogP contribution in [0.3, 0.4) is 0 Å². The highest BCUT2D eigenvalue weighted by Gasteiger charge is 2.38. The second-order valence-corrected chi connectivity index (χ2v) is 7.16. The molecule has 1 saturated heterocycles. The number of carboxylic acid groups (broad SMARTS) is 1. The molecular weight excluding hydrogens is 290 g/mol. The second kappa shape index (κ2) is 5.72. The molecule has 0 bridgehead atoms. The van der Waals surface area contributed by atoms with Crippen LogP contribution in [0.2, 0.25) is 0 Å². The first-order valence-electron chi connectivity index (χ1n) is 7.96. The monoisotopic (exact) mass is 313 g/mol. The topological polar surface area (TPSA) is 56.7 Å². The van der Waals surface area contributed by atoms with Gasteiger partial charge in [-0.3, -0.25) is 0 Å². The van der Waals surface area contributed by atoms with E-state index in [-0.39, 0.29) is 11.5 Å². The Hall–Kier alpha value is -2.30. The third-order valence-corrected chi connectivity index (χ3v) is 4.58. The van der Waals surface area contributed by atoms with Gasteiger partial charge in [-0.05, 0) is 16.9 Å². The van der Waals surface area contributed by atoms with E-state index < -0.39 is 6.09 Å². The van der Waals surface area contributed by atoms with E-state index in [1.54, 1.807) is 4.90 Å². The predicted molar refractivity (Wildman–Crippen MR) is 91.9 cm³/mol. The van der Waals surface area contributed by atoms with Crippen LogP contribution in [0.1, 0.15) is 20.8 Å². The van der Waals surface area contributed by atoms with Crippen LogP contribution >= 0.6 is 0 Å². The van der Waals surface area contributed by atoms with Crippen molar-refractivity contribution in [2.75, 3.05) is 24.5 Å². The Morgan fingerprint density at radius 2 is 1.96 bits per heavy atom. The molecule has 1 fully saturated rings. The average Bonchev–Trinajstić information content (AvgIpc) is 2.53. The van der Waals surface area contributed by atoms with Gasteiger partial charge in [-0.25, -0.2) is 9.78 Å². The summed E-state index contributed by atoms with van der Waals surface area (Å²) < 4.78 is 0. The molecule has 0 spiro atoms. The quantitative estimate of drug-likeness (QED) is 0.876. The molecule has 23 heavy (non-hydrogen) atoms. The van der Waals surface area contributed by atoms with E-state index in [0.717, 1.165) is 16.6 Å². The van der Waals surface area contributed by atoms with Gasteiger partial charge in [-0.2, -0.15) is 0 Å². The maximum Gasteiger partial charge on any atom is 0.407 e. The van der Waals surface area contributed by atoms with Crippen LogP contribution in [-0.2, 0) is 0 Å². The Labute approximate surface area is 136 Å². The molecule has 3 rings (SSSR count). The van der Waals surface area contributed by atoms with E-state index >= 15 is 0 Å². The molecule has 1 aliphatic rings. The Morgan fingerprint density at radius 1 is 1.22 bits per heavy atom. The van der Waals surface area contributed by atoms with Crippen molar-refractivity contribution in [2.45, 2.75) is 26.8 Å². The highest BCUT2D eigenvalue weighted by Crippen LogP contribution is 2.31. The van der Waals surface area contributed by atoms with Crippen molar-refractivity contribution in [3.63, 3.8) is 0 Å². The van der Waals surface area contributed by atoms with Gasteiger partial charge in [0.1, 0.15) is 5.82 Å². The van der Waals surface area contributed by atoms with Crippen LogP contribution in [-0.4, -0.2) is 46.8 Å². The molecule has 1 unspecified atom stereocenters. The van der Waals surface area contributed by atoms with Gasteiger partial charge in [0, 0.05) is 31.2 Å². The van der Waals surface area contributed by atoms with Gasteiger partial charge < -0.3 is 14.9 Å². The van der Waals surface area contributed by atoms with Gasteiger partial charge in [-0.1, -0.05) is 45.0 Å². The van der Waals surface area contributed by atoms with Gasteiger partial charge in [-0.15, -0.1) is 0 Å². The standard InChI is InChI=1S/C18H23N3O2/c1-18(2,3)15-12-20(10-11-21(15)17(22)23)16-14-7-5-4-6-13(14)8-9-19-16/h4-9,15H,10-12H2,1-3H3,(H,22,23). The Morgan fingerprint density at radius 3 is 2.65 bits per heavy atom. The van der Waals surface area contributed by atoms with Crippen molar-refractivity contribution in [1.29, 1.82) is 0 Å². The van der Waals surface area contributed by atoms with Gasteiger partial charge in [0.05, 0.1) is 6.04 Å². The van der Waals surface area contributed by atoms with Crippen molar-refractivity contribution in [1.82, 2.24) is 9.88 Å². The lowest BCUT2D eigenvalue weighted by atomic mass is 9.84. The SMILES string of the molecule is CC(C)(C)C1CN(c2nccc3ccccc23)CCN1C(=O)O. The Balaban J connectivity index is 1.96. The number of piperazine rings is 1. The van der Waals surface area contributed by atoms with E-state index in [2.05, 4.69) is 42.8 Å². The highest BCUT2D eigenvalue weighted by molar-refractivity contribution is 5.92. The molecule has 0 radical (unpaired) electrons. The summed E-state index contributed by atoms with van der Waals surface area (Å²) in [6.07, 6.45) is 0.989. The van der Waals surface area contributed by atoms with E-state index in [1.807, 2.05) is 24.4 Å². The zero-order chi connectivity index (χ0) is 16.6. The van der Waals surface area contributed by atoms with E-state index in [4.69, 9.17) is 0 Å². The van der Waals surface area contributed by atoms with Crippen LogP contribution < -0.4 is 4.90 Å². The van der Waals surface area contributed by atoms with Crippen molar-refractivity contribution in [3.05, 3.63) is 36.5 Å². The number of hydrogen-bond acceptors (Lipinski definition) is 3. The van der Waals surface area contributed by atoms with E-state index in [9.17, 15) is 9.90 Å². The minimum absolute atomic E-state index is 0.0606. The lowest BCUT2D eigenvalue weighted by Gasteiger charge is -2.46. The van der Waals surface area contributed by atoms with Crippen LogP contribution in [0.4, 0.5) is 10.6 Å². The fourth-order valence-corrected chi connectivity index (χ4v) is 3.30. The largest absolute Gasteiger partial charge is 0.465 e. The summed E-state index contributed by atoms with van der Waals surface area (Å²) in [6, 6.07) is 10.1. The first kappa shape index (κ1) is 15.6. The lowest BCUT2D eigenvalue weighted by molar-refractivity contribution is 0.0747. The molecule has 5 nitrogen and oxygen atoms in total. The van der Waals surface area contributed by atoms with Crippen molar-refractivity contribution in [3.8, 4) is 0 Å². The number of benzene rings is 1. The number of anilines is 1. The molecule has 5 heteroatoms. The van der Waals surface area contributed by atoms with Crippen LogP contribution in [0.25, 0.3) is 10.8 Å². The highest BCUT2D eigenvalue weighted by atomic mass is 16.4. The molecular formula is C18H23N3O2. The van der Waals surface area contributed by atoms with Crippen molar-refractivity contribution < 1.29 is 9.90 Å². The molecule has 2 aromatic rings. The van der Waals surface area contributed by atoms with Gasteiger partial charge >= 0.3 is 6.09 Å². The number of rotatable bonds is 1. The molecule has 1 aliphatic heterocycles. The molecule has 1 amide bonds. The number of hydrogen-bond donors (Lipinski definition) is 1. The molecule has 0 saturated carbocycles. The van der Waals surface area contributed by atoms with Gasteiger partial charge in [0.25, 0.3) is 0 Å². The Bertz CT molecular complexity index is 718. The summed E-state index contributed by atoms with van der Waals surface area (Å²) in [4.78, 5) is 19.9. The number of nitrogens with zero attached hydrogens (tertiary/aromatic N) is 3. The zero-order valence-corrected chi connectivity index (χ0v) is 13.9. The van der Waals surface area contributed by atoms with Crippen molar-refractivity contribution in [2.24, 2.45) is 5.41 Å². The predicted octanol–water partition coefficient (Wildman–Crippen LogP) is 3.45. The van der Waals surface area contributed by atoms with Crippen LogP contribution in [0.5, 0.6) is 0 Å². The summed E-state index contributed by atoms with van der Waals surface area (Å²) >= 11 is 0. The summed E-state index contributed by atoms with van der Waals surface area (Å²) in [5.74, 6) is 0.947. The fraction of sp³-hybridized carbons (Fsp3) is 0.444. The third-order valence-electron chi connectivity index (χ3n) is 4.58. The summed E-state index contributed by atoms with van der Waals surface area (Å²) in [7, 11) is 0. The number of pyridine rings is 1.